The van der Waals surface area contributed by atoms with E-state index in [1.54, 1.807) is 0 Å². The van der Waals surface area contributed by atoms with Gasteiger partial charge in [0.15, 0.2) is 0 Å². The van der Waals surface area contributed by atoms with Crippen molar-refractivity contribution in [2.24, 2.45) is 5.73 Å². The molecule has 0 fully saturated rings. The molecule has 0 bridgehead atoms. The van der Waals surface area contributed by atoms with Crippen molar-refractivity contribution >= 4 is 0 Å². The average Bonchev–Trinajstić information content (AvgIpc) is 2.60. The molecule has 1 unspecified atom stereocenters. The van der Waals surface area contributed by atoms with E-state index in [-0.39, 0.29) is 12.6 Å². The second-order valence-electron chi connectivity index (χ2n) is 3.46. The average molecular weight is 197 g/mol. The van der Waals surface area contributed by atoms with Crippen molar-refractivity contribution < 1.29 is 5.11 Å². The Morgan fingerprint density at radius 3 is 2.71 bits per heavy atom. The van der Waals surface area contributed by atoms with Crippen LogP contribution in [0.2, 0.25) is 0 Å². The molecule has 3 N–H and O–H groups in total. The number of hydrogen-bond acceptors (Lipinski definition) is 3. The summed E-state index contributed by atoms with van der Waals surface area (Å²) in [4.78, 5) is 0. The van der Waals surface area contributed by atoms with Crippen molar-refractivity contribution in [3.63, 3.8) is 0 Å². The molecular formula is C10H19N3O. The molecule has 0 saturated carbocycles. The highest BCUT2D eigenvalue weighted by atomic mass is 16.3. The van der Waals surface area contributed by atoms with Crippen LogP contribution in [0.25, 0.3) is 0 Å². The Balaban J connectivity index is 2.78. The van der Waals surface area contributed by atoms with Crippen LogP contribution in [0, 0.1) is 0 Å². The van der Waals surface area contributed by atoms with Crippen LogP contribution in [0.3, 0.4) is 0 Å². The second-order valence-corrected chi connectivity index (χ2v) is 3.46. The van der Waals surface area contributed by atoms with Gasteiger partial charge >= 0.3 is 0 Å². The van der Waals surface area contributed by atoms with Crippen LogP contribution < -0.4 is 5.73 Å². The monoisotopic (exact) mass is 197 g/mol. The third kappa shape index (κ3) is 2.56. The number of aliphatic hydroxyl groups is 1. The van der Waals surface area contributed by atoms with Crippen LogP contribution in [0.4, 0.5) is 0 Å². The number of hydrogen-bond donors (Lipinski definition) is 2. The van der Waals surface area contributed by atoms with Gasteiger partial charge in [-0.3, -0.25) is 4.68 Å². The molecular weight excluding hydrogens is 178 g/mol. The Kier molecular flexibility index (Phi) is 4.10. The standard InChI is InChI=1S/C10H19N3O/c1-3-9-5-10(4-2)13(12-9)6-8(11)7-14/h5,8,14H,3-4,6-7,11H2,1-2H3. The molecule has 1 aromatic heterocycles. The number of rotatable bonds is 5. The summed E-state index contributed by atoms with van der Waals surface area (Å²) in [5, 5.41) is 13.3. The van der Waals surface area contributed by atoms with Gasteiger partial charge in [0.25, 0.3) is 0 Å². The second kappa shape index (κ2) is 5.12. The van der Waals surface area contributed by atoms with Crippen molar-refractivity contribution in [3.05, 3.63) is 17.5 Å². The van der Waals surface area contributed by atoms with Crippen molar-refractivity contribution in [2.45, 2.75) is 39.3 Å². The predicted octanol–water partition coefficient (Wildman–Crippen LogP) is 0.327. The number of nitrogens with zero attached hydrogens (tertiary/aromatic N) is 2. The van der Waals surface area contributed by atoms with Gasteiger partial charge in [-0.1, -0.05) is 13.8 Å². The van der Waals surface area contributed by atoms with Gasteiger partial charge in [0, 0.05) is 11.7 Å². The topological polar surface area (TPSA) is 64.1 Å². The molecule has 0 radical (unpaired) electrons. The Morgan fingerprint density at radius 2 is 2.21 bits per heavy atom. The third-order valence-electron chi connectivity index (χ3n) is 2.28. The van der Waals surface area contributed by atoms with E-state index in [1.807, 2.05) is 4.68 Å². The van der Waals surface area contributed by atoms with E-state index in [9.17, 15) is 0 Å². The number of aryl methyl sites for hydroxylation is 2. The molecule has 0 aromatic carbocycles. The zero-order valence-electron chi connectivity index (χ0n) is 8.90. The van der Waals surface area contributed by atoms with E-state index in [2.05, 4.69) is 25.0 Å². The SMILES string of the molecule is CCc1cc(CC)n(CC(N)CO)n1. The van der Waals surface area contributed by atoms with Crippen molar-refractivity contribution in [2.75, 3.05) is 6.61 Å². The molecule has 0 amide bonds. The summed E-state index contributed by atoms with van der Waals surface area (Å²) in [6.07, 6.45) is 1.89. The quantitative estimate of drug-likeness (QED) is 0.715. The molecule has 0 spiro atoms. The van der Waals surface area contributed by atoms with E-state index in [1.165, 1.54) is 5.69 Å². The highest BCUT2D eigenvalue weighted by Gasteiger charge is 2.08. The maximum atomic E-state index is 8.86. The molecule has 4 heteroatoms. The van der Waals surface area contributed by atoms with Crippen LogP contribution in [0.5, 0.6) is 0 Å². The smallest absolute Gasteiger partial charge is 0.0624 e. The molecule has 14 heavy (non-hydrogen) atoms. The van der Waals surface area contributed by atoms with Crippen molar-refractivity contribution in [1.82, 2.24) is 9.78 Å². The van der Waals surface area contributed by atoms with Gasteiger partial charge in [0.2, 0.25) is 0 Å². The molecule has 0 saturated heterocycles. The summed E-state index contributed by atoms with van der Waals surface area (Å²) in [5.41, 5.74) is 7.94. The lowest BCUT2D eigenvalue weighted by Crippen LogP contribution is -2.31. The number of nitrogens with two attached hydrogens (primary N) is 1. The zero-order chi connectivity index (χ0) is 10.6. The van der Waals surface area contributed by atoms with Gasteiger partial charge in [0.1, 0.15) is 0 Å². The first-order valence-electron chi connectivity index (χ1n) is 5.13. The Morgan fingerprint density at radius 1 is 1.50 bits per heavy atom. The van der Waals surface area contributed by atoms with Crippen molar-refractivity contribution in [1.29, 1.82) is 0 Å². The summed E-state index contributed by atoms with van der Waals surface area (Å²) >= 11 is 0. The summed E-state index contributed by atoms with van der Waals surface area (Å²) in [5.74, 6) is 0. The van der Waals surface area contributed by atoms with E-state index < -0.39 is 0 Å². The normalized spacial score (nSPS) is 13.1. The molecule has 1 rings (SSSR count). The van der Waals surface area contributed by atoms with Gasteiger partial charge in [-0.05, 0) is 18.9 Å². The van der Waals surface area contributed by atoms with Gasteiger partial charge in [-0.2, -0.15) is 5.10 Å². The van der Waals surface area contributed by atoms with E-state index in [0.29, 0.717) is 6.54 Å². The lowest BCUT2D eigenvalue weighted by Gasteiger charge is -2.10. The van der Waals surface area contributed by atoms with E-state index >= 15 is 0 Å². The highest BCUT2D eigenvalue weighted by molar-refractivity contribution is 5.10. The largest absolute Gasteiger partial charge is 0.395 e. The lowest BCUT2D eigenvalue weighted by molar-refractivity contribution is 0.249. The minimum Gasteiger partial charge on any atom is -0.395 e. The molecule has 80 valence electrons. The van der Waals surface area contributed by atoms with Crippen LogP contribution >= 0.6 is 0 Å². The number of aromatic nitrogens is 2. The lowest BCUT2D eigenvalue weighted by atomic mass is 10.2. The summed E-state index contributed by atoms with van der Waals surface area (Å²) in [6.45, 7) is 4.78. The summed E-state index contributed by atoms with van der Waals surface area (Å²) in [7, 11) is 0. The van der Waals surface area contributed by atoms with E-state index in [4.69, 9.17) is 10.8 Å². The molecule has 0 aliphatic heterocycles. The highest BCUT2D eigenvalue weighted by Crippen LogP contribution is 2.06. The Labute approximate surface area is 84.7 Å². The van der Waals surface area contributed by atoms with Gasteiger partial charge in [-0.25, -0.2) is 0 Å². The molecule has 0 aliphatic rings. The zero-order valence-corrected chi connectivity index (χ0v) is 8.90. The molecule has 1 aromatic rings. The van der Waals surface area contributed by atoms with Gasteiger partial charge in [0.05, 0.1) is 18.8 Å². The fraction of sp³-hybridized carbons (Fsp3) is 0.700. The van der Waals surface area contributed by atoms with Crippen LogP contribution in [-0.4, -0.2) is 27.5 Å². The van der Waals surface area contributed by atoms with Crippen molar-refractivity contribution in [3.8, 4) is 0 Å². The first kappa shape index (κ1) is 11.2. The fourth-order valence-corrected chi connectivity index (χ4v) is 1.41. The first-order valence-corrected chi connectivity index (χ1v) is 5.13. The predicted molar refractivity (Wildman–Crippen MR) is 56.0 cm³/mol. The molecule has 4 nitrogen and oxygen atoms in total. The minimum absolute atomic E-state index is 0.00444. The Bertz CT molecular complexity index is 283. The Hall–Kier alpha value is -0.870. The maximum Gasteiger partial charge on any atom is 0.0624 e. The fourth-order valence-electron chi connectivity index (χ4n) is 1.41. The third-order valence-corrected chi connectivity index (χ3v) is 2.28. The molecule has 1 heterocycles. The van der Waals surface area contributed by atoms with Gasteiger partial charge < -0.3 is 10.8 Å². The van der Waals surface area contributed by atoms with Crippen LogP contribution in [0.15, 0.2) is 6.07 Å². The van der Waals surface area contributed by atoms with E-state index in [0.717, 1.165) is 18.5 Å². The van der Waals surface area contributed by atoms with Gasteiger partial charge in [-0.15, -0.1) is 0 Å². The molecule has 0 aliphatic carbocycles. The minimum atomic E-state index is -0.218. The summed E-state index contributed by atoms with van der Waals surface area (Å²) < 4.78 is 1.90. The van der Waals surface area contributed by atoms with Crippen LogP contribution in [-0.2, 0) is 19.4 Å². The number of aliphatic hydroxyl groups excluding tert-OH is 1. The maximum absolute atomic E-state index is 8.86. The summed E-state index contributed by atoms with van der Waals surface area (Å²) in [6, 6.07) is 1.88. The van der Waals surface area contributed by atoms with Crippen LogP contribution in [0.1, 0.15) is 25.2 Å². The first-order chi connectivity index (χ1) is 6.71. The molecule has 1 atom stereocenters.